The fraction of sp³-hybridized carbons (Fsp3) is 0.750. The third kappa shape index (κ3) is 2.07. The lowest BCUT2D eigenvalue weighted by Gasteiger charge is -2.17. The van der Waals surface area contributed by atoms with Crippen LogP contribution in [0.4, 0.5) is 0 Å². The van der Waals surface area contributed by atoms with Crippen molar-refractivity contribution in [1.29, 1.82) is 0 Å². The van der Waals surface area contributed by atoms with E-state index in [0.717, 1.165) is 19.0 Å². The van der Waals surface area contributed by atoms with Gasteiger partial charge in [-0.25, -0.2) is 0 Å². The molecule has 0 radical (unpaired) electrons. The number of nitrogens with one attached hydrogen (secondary N) is 1. The third-order valence-electron chi connectivity index (χ3n) is 2.92. The third-order valence-corrected chi connectivity index (χ3v) is 2.92. The van der Waals surface area contributed by atoms with Crippen LogP contribution >= 0.6 is 0 Å². The summed E-state index contributed by atoms with van der Waals surface area (Å²) in [6, 6.07) is 0. The van der Waals surface area contributed by atoms with Crippen molar-refractivity contribution in [2.45, 2.75) is 46.7 Å². The van der Waals surface area contributed by atoms with Crippen molar-refractivity contribution in [2.75, 3.05) is 6.54 Å². The van der Waals surface area contributed by atoms with E-state index < -0.39 is 0 Å². The van der Waals surface area contributed by atoms with E-state index in [2.05, 4.69) is 42.8 Å². The van der Waals surface area contributed by atoms with E-state index in [0.29, 0.717) is 5.92 Å². The second kappa shape index (κ2) is 3.97. The molecule has 1 aliphatic heterocycles. The molecule has 15 heavy (non-hydrogen) atoms. The molecule has 0 saturated carbocycles. The molecule has 2 heterocycles. The molecule has 0 saturated heterocycles. The van der Waals surface area contributed by atoms with Gasteiger partial charge in [0, 0.05) is 25.2 Å². The fourth-order valence-corrected chi connectivity index (χ4v) is 2.35. The molecule has 0 fully saturated rings. The standard InChI is InChI=1S/C12H21N3/c1-8(2)5-15-6-10-11(7-15)13-14-12(10)9(3)4/h8-9H,5-7H2,1-4H3,(H,13,14). The molecule has 0 amide bonds. The Morgan fingerprint density at radius 1 is 1.27 bits per heavy atom. The van der Waals surface area contributed by atoms with Gasteiger partial charge in [0.15, 0.2) is 0 Å². The molecule has 1 aromatic rings. The highest BCUT2D eigenvalue weighted by atomic mass is 15.2. The van der Waals surface area contributed by atoms with Crippen LogP contribution in [0.1, 0.15) is 50.6 Å². The van der Waals surface area contributed by atoms with Gasteiger partial charge in [0.25, 0.3) is 0 Å². The lowest BCUT2D eigenvalue weighted by Crippen LogP contribution is -2.22. The van der Waals surface area contributed by atoms with Gasteiger partial charge in [0.2, 0.25) is 0 Å². The van der Waals surface area contributed by atoms with Crippen LogP contribution in [0.15, 0.2) is 0 Å². The Labute approximate surface area is 91.9 Å². The molecule has 0 unspecified atom stereocenters. The highest BCUT2D eigenvalue weighted by Crippen LogP contribution is 2.28. The molecule has 0 aromatic carbocycles. The summed E-state index contributed by atoms with van der Waals surface area (Å²) in [5, 5.41) is 7.58. The summed E-state index contributed by atoms with van der Waals surface area (Å²) in [5.74, 6) is 1.27. The van der Waals surface area contributed by atoms with Crippen LogP contribution in [0, 0.1) is 5.92 Å². The first kappa shape index (κ1) is 10.7. The Morgan fingerprint density at radius 2 is 2.00 bits per heavy atom. The van der Waals surface area contributed by atoms with Gasteiger partial charge in [-0.1, -0.05) is 27.7 Å². The van der Waals surface area contributed by atoms with Gasteiger partial charge in [-0.05, 0) is 11.8 Å². The van der Waals surface area contributed by atoms with E-state index in [1.165, 1.54) is 23.5 Å². The van der Waals surface area contributed by atoms with Gasteiger partial charge in [-0.3, -0.25) is 10.00 Å². The van der Waals surface area contributed by atoms with Crippen LogP contribution in [-0.2, 0) is 13.1 Å². The highest BCUT2D eigenvalue weighted by molar-refractivity contribution is 5.30. The van der Waals surface area contributed by atoms with E-state index in [4.69, 9.17) is 0 Å². The maximum atomic E-state index is 4.40. The molecule has 3 heteroatoms. The number of rotatable bonds is 3. The molecule has 1 N–H and O–H groups in total. The summed E-state index contributed by atoms with van der Waals surface area (Å²) < 4.78 is 0. The van der Waals surface area contributed by atoms with Crippen molar-refractivity contribution in [3.8, 4) is 0 Å². The van der Waals surface area contributed by atoms with Crippen LogP contribution in [-0.4, -0.2) is 21.6 Å². The highest BCUT2D eigenvalue weighted by Gasteiger charge is 2.25. The molecule has 3 nitrogen and oxygen atoms in total. The van der Waals surface area contributed by atoms with Crippen molar-refractivity contribution >= 4 is 0 Å². The minimum atomic E-state index is 0.531. The Kier molecular flexibility index (Phi) is 2.83. The lowest BCUT2D eigenvalue weighted by molar-refractivity contribution is 0.248. The minimum Gasteiger partial charge on any atom is -0.293 e. The summed E-state index contributed by atoms with van der Waals surface area (Å²) in [7, 11) is 0. The summed E-state index contributed by atoms with van der Waals surface area (Å²) in [5.41, 5.74) is 4.04. The summed E-state index contributed by atoms with van der Waals surface area (Å²) in [6.45, 7) is 12.3. The van der Waals surface area contributed by atoms with Crippen molar-refractivity contribution in [3.63, 3.8) is 0 Å². The Balaban J connectivity index is 2.10. The van der Waals surface area contributed by atoms with Crippen LogP contribution in [0.3, 0.4) is 0 Å². The van der Waals surface area contributed by atoms with E-state index in [1.807, 2.05) is 0 Å². The first-order valence-electron chi connectivity index (χ1n) is 5.86. The number of hydrogen-bond acceptors (Lipinski definition) is 2. The van der Waals surface area contributed by atoms with E-state index >= 15 is 0 Å². The maximum Gasteiger partial charge on any atom is 0.0695 e. The molecular formula is C12H21N3. The molecule has 1 aliphatic rings. The zero-order valence-corrected chi connectivity index (χ0v) is 10.2. The van der Waals surface area contributed by atoms with Gasteiger partial charge in [-0.15, -0.1) is 0 Å². The van der Waals surface area contributed by atoms with Crippen molar-refractivity contribution < 1.29 is 0 Å². The molecule has 2 rings (SSSR count). The number of aromatic nitrogens is 2. The molecule has 1 aromatic heterocycles. The van der Waals surface area contributed by atoms with Gasteiger partial charge >= 0.3 is 0 Å². The second-order valence-electron chi connectivity index (χ2n) is 5.28. The number of H-pyrrole nitrogens is 1. The summed E-state index contributed by atoms with van der Waals surface area (Å²) >= 11 is 0. The van der Waals surface area contributed by atoms with Gasteiger partial charge < -0.3 is 0 Å². The first-order chi connectivity index (χ1) is 7.08. The molecule has 0 spiro atoms. The molecule has 0 bridgehead atoms. The summed E-state index contributed by atoms with van der Waals surface area (Å²) in [4.78, 5) is 2.50. The van der Waals surface area contributed by atoms with Crippen LogP contribution in [0.25, 0.3) is 0 Å². The van der Waals surface area contributed by atoms with Crippen molar-refractivity contribution in [1.82, 2.24) is 15.1 Å². The normalized spacial score (nSPS) is 16.7. The first-order valence-corrected chi connectivity index (χ1v) is 5.86. The van der Waals surface area contributed by atoms with Gasteiger partial charge in [-0.2, -0.15) is 5.10 Å². The zero-order valence-electron chi connectivity index (χ0n) is 10.2. The Bertz CT molecular complexity index is 339. The fourth-order valence-electron chi connectivity index (χ4n) is 2.35. The predicted octanol–water partition coefficient (Wildman–Crippen LogP) is 2.50. The maximum absolute atomic E-state index is 4.40. The number of hydrogen-bond donors (Lipinski definition) is 1. The monoisotopic (exact) mass is 207 g/mol. The molecular weight excluding hydrogens is 186 g/mol. The van der Waals surface area contributed by atoms with Crippen molar-refractivity contribution in [3.05, 3.63) is 17.0 Å². The molecule has 0 aliphatic carbocycles. The zero-order chi connectivity index (χ0) is 11.0. The quantitative estimate of drug-likeness (QED) is 0.826. The van der Waals surface area contributed by atoms with E-state index in [-0.39, 0.29) is 0 Å². The molecule has 0 atom stereocenters. The van der Waals surface area contributed by atoms with Crippen LogP contribution in [0.5, 0.6) is 0 Å². The Morgan fingerprint density at radius 3 is 2.60 bits per heavy atom. The van der Waals surface area contributed by atoms with Gasteiger partial charge in [0.1, 0.15) is 0 Å². The average molecular weight is 207 g/mol. The predicted molar refractivity (Wildman–Crippen MR) is 61.6 cm³/mol. The molecule has 84 valence electrons. The lowest BCUT2D eigenvalue weighted by atomic mass is 10.1. The number of nitrogens with zero attached hydrogens (tertiary/aromatic N) is 2. The van der Waals surface area contributed by atoms with Crippen LogP contribution < -0.4 is 0 Å². The number of aromatic amines is 1. The van der Waals surface area contributed by atoms with Gasteiger partial charge in [0.05, 0.1) is 11.4 Å². The van der Waals surface area contributed by atoms with E-state index in [1.54, 1.807) is 0 Å². The minimum absolute atomic E-state index is 0.531. The SMILES string of the molecule is CC(C)CN1Cc2[nH]nc(C(C)C)c2C1. The second-order valence-corrected chi connectivity index (χ2v) is 5.28. The average Bonchev–Trinajstić information content (AvgIpc) is 2.60. The number of fused-ring (bicyclic) bond motifs is 1. The largest absolute Gasteiger partial charge is 0.293 e. The topological polar surface area (TPSA) is 31.9 Å². The van der Waals surface area contributed by atoms with E-state index in [9.17, 15) is 0 Å². The summed E-state index contributed by atoms with van der Waals surface area (Å²) in [6.07, 6.45) is 0. The van der Waals surface area contributed by atoms with Crippen LogP contribution in [0.2, 0.25) is 0 Å². The Hall–Kier alpha value is -0.830. The smallest absolute Gasteiger partial charge is 0.0695 e. The van der Waals surface area contributed by atoms with Crippen molar-refractivity contribution in [2.24, 2.45) is 5.92 Å².